The smallest absolute Gasteiger partial charge is 0.00201 e. The van der Waals surface area contributed by atoms with Crippen LogP contribution in [0, 0.1) is 0 Å². The third-order valence-corrected chi connectivity index (χ3v) is 12.3. The summed E-state index contributed by atoms with van der Waals surface area (Å²) in [5.41, 5.74) is 9.78. The molecule has 0 aliphatic carbocycles. The Morgan fingerprint density at radius 2 is 0.603 bits per heavy atom. The lowest BCUT2D eigenvalue weighted by Gasteiger charge is -2.20. The van der Waals surface area contributed by atoms with E-state index in [1.807, 2.05) is 0 Å². The zero-order valence-electron chi connectivity index (χ0n) is 31.8. The van der Waals surface area contributed by atoms with Gasteiger partial charge in [0.05, 0.1) is 0 Å². The van der Waals surface area contributed by atoms with E-state index in [0.29, 0.717) is 0 Å². The first-order valence-electron chi connectivity index (χ1n) is 20.1. The Morgan fingerprint density at radius 1 is 0.172 bits per heavy atom. The van der Waals surface area contributed by atoms with E-state index in [1.54, 1.807) is 0 Å². The van der Waals surface area contributed by atoms with Crippen LogP contribution in [0.15, 0.2) is 218 Å². The van der Waals surface area contributed by atoms with E-state index in [1.165, 1.54) is 120 Å². The van der Waals surface area contributed by atoms with Crippen LogP contribution in [-0.2, 0) is 0 Å². The van der Waals surface area contributed by atoms with Crippen LogP contribution < -0.4 is 0 Å². The van der Waals surface area contributed by atoms with E-state index in [4.69, 9.17) is 0 Å². The van der Waals surface area contributed by atoms with Crippen molar-refractivity contribution in [2.75, 3.05) is 0 Å². The van der Waals surface area contributed by atoms with Gasteiger partial charge < -0.3 is 0 Å². The third kappa shape index (κ3) is 5.38. The molecule has 0 saturated carbocycles. The highest BCUT2D eigenvalue weighted by Gasteiger charge is 2.19. The van der Waals surface area contributed by atoms with Crippen LogP contribution in [0.3, 0.4) is 0 Å². The molecule has 0 aliphatic rings. The lowest BCUT2D eigenvalue weighted by Crippen LogP contribution is -1.93. The van der Waals surface area contributed by atoms with Gasteiger partial charge in [-0.05, 0) is 168 Å². The molecule has 0 heterocycles. The quantitative estimate of drug-likeness (QED) is 0.125. The van der Waals surface area contributed by atoms with E-state index < -0.39 is 0 Å². The maximum atomic E-state index is 2.46. The van der Waals surface area contributed by atoms with Crippen molar-refractivity contribution in [1.82, 2.24) is 0 Å². The number of benzene rings is 12. The molecule has 12 aromatic carbocycles. The van der Waals surface area contributed by atoms with Gasteiger partial charge in [0.15, 0.2) is 0 Å². The molecule has 0 atom stereocenters. The van der Waals surface area contributed by atoms with Gasteiger partial charge in [-0.25, -0.2) is 0 Å². The molecule has 0 aromatic heterocycles. The maximum Gasteiger partial charge on any atom is -0.00201 e. The highest BCUT2D eigenvalue weighted by molar-refractivity contribution is 6.20. The predicted octanol–water partition coefficient (Wildman–Crippen LogP) is 16.4. The molecular formula is C58H36. The second kappa shape index (κ2) is 13.0. The van der Waals surface area contributed by atoms with Gasteiger partial charge in [-0.1, -0.05) is 170 Å². The van der Waals surface area contributed by atoms with E-state index >= 15 is 0 Å². The Labute approximate surface area is 336 Å². The zero-order chi connectivity index (χ0) is 38.2. The van der Waals surface area contributed by atoms with Crippen molar-refractivity contribution in [3.8, 4) is 44.5 Å². The van der Waals surface area contributed by atoms with Crippen molar-refractivity contribution in [2.45, 2.75) is 0 Å². The van der Waals surface area contributed by atoms with Crippen LogP contribution in [0.1, 0.15) is 0 Å². The van der Waals surface area contributed by atoms with Crippen molar-refractivity contribution in [3.63, 3.8) is 0 Å². The van der Waals surface area contributed by atoms with Gasteiger partial charge in [0, 0.05) is 0 Å². The van der Waals surface area contributed by atoms with E-state index in [2.05, 4.69) is 218 Å². The molecule has 268 valence electrons. The molecular weight excluding hydrogens is 697 g/mol. The topological polar surface area (TPSA) is 0 Å². The summed E-state index contributed by atoms with van der Waals surface area (Å²) < 4.78 is 0. The summed E-state index contributed by atoms with van der Waals surface area (Å²) in [6.45, 7) is 0. The molecule has 0 N–H and O–H groups in total. The normalized spacial score (nSPS) is 11.8. The molecule has 0 radical (unpaired) electrons. The Bertz CT molecular complexity index is 3620. The lowest BCUT2D eigenvalue weighted by atomic mass is 9.83. The Morgan fingerprint density at radius 3 is 1.22 bits per heavy atom. The fraction of sp³-hybridized carbons (Fsp3) is 0. The second-order valence-corrected chi connectivity index (χ2v) is 15.7. The van der Waals surface area contributed by atoms with Crippen LogP contribution in [-0.4, -0.2) is 0 Å². The van der Waals surface area contributed by atoms with Crippen LogP contribution in [0.2, 0.25) is 0 Å². The van der Waals surface area contributed by atoms with Crippen LogP contribution >= 0.6 is 0 Å². The van der Waals surface area contributed by atoms with Gasteiger partial charge in [0.1, 0.15) is 0 Å². The minimum absolute atomic E-state index is 1.21. The average molecular weight is 733 g/mol. The van der Waals surface area contributed by atoms with Gasteiger partial charge in [-0.3, -0.25) is 0 Å². The molecule has 0 saturated heterocycles. The van der Waals surface area contributed by atoms with Crippen molar-refractivity contribution in [3.05, 3.63) is 218 Å². The summed E-state index contributed by atoms with van der Waals surface area (Å²) in [7, 11) is 0. The molecule has 0 aliphatic heterocycles. The van der Waals surface area contributed by atoms with Gasteiger partial charge in [0.2, 0.25) is 0 Å². The van der Waals surface area contributed by atoms with Crippen molar-refractivity contribution >= 4 is 75.4 Å². The first kappa shape index (κ1) is 32.7. The molecule has 0 fully saturated rings. The predicted molar refractivity (Wildman–Crippen MR) is 251 cm³/mol. The first-order chi connectivity index (χ1) is 28.7. The summed E-state index contributed by atoms with van der Waals surface area (Å²) in [5.74, 6) is 0. The fourth-order valence-corrected chi connectivity index (χ4v) is 9.36. The minimum Gasteiger partial charge on any atom is -0.0616 e. The Hall–Kier alpha value is -7.54. The van der Waals surface area contributed by atoms with Gasteiger partial charge in [-0.15, -0.1) is 0 Å². The maximum absolute atomic E-state index is 2.46. The third-order valence-electron chi connectivity index (χ3n) is 12.3. The van der Waals surface area contributed by atoms with E-state index in [-0.39, 0.29) is 0 Å². The summed E-state index contributed by atoms with van der Waals surface area (Å²) >= 11 is 0. The number of hydrogen-bond donors (Lipinski definition) is 0. The highest BCUT2D eigenvalue weighted by atomic mass is 14.2. The van der Waals surface area contributed by atoms with Gasteiger partial charge in [0.25, 0.3) is 0 Å². The fourth-order valence-electron chi connectivity index (χ4n) is 9.36. The molecule has 0 nitrogen and oxygen atoms in total. The van der Waals surface area contributed by atoms with Crippen LogP contribution in [0.4, 0.5) is 0 Å². The Balaban J connectivity index is 1.21. The summed E-state index contributed by atoms with van der Waals surface area (Å²) in [6, 6.07) is 81.4. The second-order valence-electron chi connectivity index (χ2n) is 15.7. The lowest BCUT2D eigenvalue weighted by molar-refractivity contribution is 1.63. The number of hydrogen-bond acceptors (Lipinski definition) is 0. The monoisotopic (exact) mass is 732 g/mol. The molecule has 0 spiro atoms. The summed E-state index contributed by atoms with van der Waals surface area (Å²) in [4.78, 5) is 0. The van der Waals surface area contributed by atoms with Gasteiger partial charge in [-0.2, -0.15) is 0 Å². The van der Waals surface area contributed by atoms with Gasteiger partial charge >= 0.3 is 0 Å². The van der Waals surface area contributed by atoms with E-state index in [0.717, 1.165) is 0 Å². The SMILES string of the molecule is c1ccc2cc(-c3ccc4ccc(-c5ccc6ccccc6c5)c(-c5cc(-c6ccc7ccccc7c6)cc6c5ccc5cc7ccccc7cc56)c4c3)ccc2c1. The van der Waals surface area contributed by atoms with Crippen LogP contribution in [0.25, 0.3) is 120 Å². The molecule has 0 unspecified atom stereocenters. The summed E-state index contributed by atoms with van der Waals surface area (Å²) in [6.07, 6.45) is 0. The average Bonchev–Trinajstić information content (AvgIpc) is 3.29. The Kier molecular flexibility index (Phi) is 7.33. The molecule has 0 heteroatoms. The molecule has 0 amide bonds. The zero-order valence-corrected chi connectivity index (χ0v) is 31.8. The summed E-state index contributed by atoms with van der Waals surface area (Å²) in [5, 5.41) is 17.5. The van der Waals surface area contributed by atoms with Crippen molar-refractivity contribution in [1.29, 1.82) is 0 Å². The molecule has 0 bridgehead atoms. The largest absolute Gasteiger partial charge is 0.0616 e. The molecule has 12 rings (SSSR count). The number of rotatable bonds is 4. The van der Waals surface area contributed by atoms with Crippen molar-refractivity contribution < 1.29 is 0 Å². The van der Waals surface area contributed by atoms with E-state index in [9.17, 15) is 0 Å². The molecule has 12 aromatic rings. The number of fused-ring (bicyclic) bond motifs is 8. The first-order valence-corrected chi connectivity index (χ1v) is 20.1. The highest BCUT2D eigenvalue weighted by Crippen LogP contribution is 2.46. The minimum atomic E-state index is 1.21. The molecule has 58 heavy (non-hydrogen) atoms. The standard InChI is InChI=1S/C58H36/c1-4-12-41-29-46(21-17-37(41)9-1)48-23-20-40-25-27-52(49-24-19-39-11-3-6-14-43(39)31-49)58(55(40)34-48)57-36-51(47-22-18-38-10-2-5-13-42(38)30-47)35-56-53(57)28-26-50-32-44-15-7-8-16-45(44)33-54(50)56/h1-36H. The van der Waals surface area contributed by atoms with Crippen LogP contribution in [0.5, 0.6) is 0 Å². The van der Waals surface area contributed by atoms with Crippen molar-refractivity contribution in [2.24, 2.45) is 0 Å².